The zero-order valence-corrected chi connectivity index (χ0v) is 10.8. The van der Waals surface area contributed by atoms with Crippen LogP contribution in [0.4, 0.5) is 0 Å². The van der Waals surface area contributed by atoms with Gasteiger partial charge in [-0.1, -0.05) is 20.8 Å². The lowest BCUT2D eigenvalue weighted by Gasteiger charge is -2.20. The summed E-state index contributed by atoms with van der Waals surface area (Å²) in [5.41, 5.74) is 0.588. The molecule has 16 heavy (non-hydrogen) atoms. The van der Waals surface area contributed by atoms with E-state index in [0.717, 1.165) is 0 Å². The van der Waals surface area contributed by atoms with Crippen LogP contribution in [0.3, 0.4) is 0 Å². The Kier molecular flexibility index (Phi) is 5.21. The monoisotopic (exact) mass is 228 g/mol. The van der Waals surface area contributed by atoms with Gasteiger partial charge in [0.25, 0.3) is 0 Å². The summed E-state index contributed by atoms with van der Waals surface area (Å²) in [4.78, 5) is 22.9. The summed E-state index contributed by atoms with van der Waals surface area (Å²) >= 11 is 0. The third-order valence-electron chi connectivity index (χ3n) is 2.08. The molecule has 0 amide bonds. The Hall–Kier alpha value is -1.32. The smallest absolute Gasteiger partial charge is 0.334 e. The fourth-order valence-electron chi connectivity index (χ4n) is 1.29. The van der Waals surface area contributed by atoms with Gasteiger partial charge >= 0.3 is 11.9 Å². The van der Waals surface area contributed by atoms with E-state index in [9.17, 15) is 9.59 Å². The van der Waals surface area contributed by atoms with E-state index in [1.807, 2.05) is 20.8 Å². The van der Waals surface area contributed by atoms with Gasteiger partial charge in [0.1, 0.15) is 0 Å². The average molecular weight is 228 g/mol. The normalized spacial score (nSPS) is 12.9. The summed E-state index contributed by atoms with van der Waals surface area (Å²) in [7, 11) is 2.59. The number of rotatable bonds is 3. The zero-order chi connectivity index (χ0) is 12.9. The molecule has 0 aliphatic rings. The molecule has 0 aliphatic carbocycles. The van der Waals surface area contributed by atoms with E-state index in [1.54, 1.807) is 6.92 Å². The highest BCUT2D eigenvalue weighted by molar-refractivity contribution is 5.99. The van der Waals surface area contributed by atoms with Gasteiger partial charge in [0.05, 0.1) is 14.2 Å². The molecule has 4 nitrogen and oxygen atoms in total. The molecule has 0 rings (SSSR count). The lowest BCUT2D eigenvalue weighted by Crippen LogP contribution is -2.18. The van der Waals surface area contributed by atoms with Gasteiger partial charge in [0.15, 0.2) is 0 Å². The molecule has 0 aliphatic heterocycles. The number of esters is 2. The molecule has 0 radical (unpaired) electrons. The lowest BCUT2D eigenvalue weighted by molar-refractivity contribution is -0.139. The van der Waals surface area contributed by atoms with E-state index in [4.69, 9.17) is 0 Å². The van der Waals surface area contributed by atoms with Crippen LogP contribution >= 0.6 is 0 Å². The number of carbonyl (C=O) groups excluding carboxylic acids is 2. The number of methoxy groups -OCH3 is 2. The second-order valence-corrected chi connectivity index (χ2v) is 4.82. The van der Waals surface area contributed by atoms with E-state index in [1.165, 1.54) is 14.2 Å². The molecular formula is C12H20O4. The predicted octanol–water partition coefficient (Wildman–Crippen LogP) is 2.09. The van der Waals surface area contributed by atoms with E-state index in [0.29, 0.717) is 17.6 Å². The molecule has 0 saturated heterocycles. The first kappa shape index (κ1) is 14.7. The van der Waals surface area contributed by atoms with Crippen molar-refractivity contribution in [2.75, 3.05) is 14.2 Å². The third kappa shape index (κ3) is 4.47. The standard InChI is InChI=1S/C12H20O4/c1-8(10(13)15-5)9(11(14)16-6)7-12(2,3)4/h7H2,1-6H3/b9-8-. The van der Waals surface area contributed by atoms with Crippen LogP contribution < -0.4 is 0 Å². The van der Waals surface area contributed by atoms with Crippen molar-refractivity contribution in [2.45, 2.75) is 34.1 Å². The van der Waals surface area contributed by atoms with Gasteiger partial charge in [-0.15, -0.1) is 0 Å². The van der Waals surface area contributed by atoms with E-state index >= 15 is 0 Å². The molecule has 0 fully saturated rings. The van der Waals surface area contributed by atoms with Crippen molar-refractivity contribution < 1.29 is 19.1 Å². The van der Waals surface area contributed by atoms with E-state index in [-0.39, 0.29) is 5.41 Å². The highest BCUT2D eigenvalue weighted by Crippen LogP contribution is 2.27. The predicted molar refractivity (Wildman–Crippen MR) is 60.8 cm³/mol. The largest absolute Gasteiger partial charge is 0.466 e. The van der Waals surface area contributed by atoms with Gasteiger partial charge in [0, 0.05) is 11.1 Å². The van der Waals surface area contributed by atoms with Gasteiger partial charge in [-0.2, -0.15) is 0 Å². The third-order valence-corrected chi connectivity index (χ3v) is 2.08. The van der Waals surface area contributed by atoms with Crippen LogP contribution in [0.25, 0.3) is 0 Å². The minimum absolute atomic E-state index is 0.0984. The number of ether oxygens (including phenoxy) is 2. The molecule has 0 unspecified atom stereocenters. The molecule has 0 N–H and O–H groups in total. The summed E-state index contributed by atoms with van der Waals surface area (Å²) in [5, 5.41) is 0. The Morgan fingerprint density at radius 2 is 1.44 bits per heavy atom. The lowest BCUT2D eigenvalue weighted by atomic mass is 9.86. The maximum atomic E-state index is 11.6. The summed E-state index contributed by atoms with van der Waals surface area (Å²) < 4.78 is 9.27. The molecule has 4 heteroatoms. The molecule has 0 atom stereocenters. The van der Waals surface area contributed by atoms with Crippen molar-refractivity contribution in [3.05, 3.63) is 11.1 Å². The van der Waals surface area contributed by atoms with Gasteiger partial charge in [0.2, 0.25) is 0 Å². The Labute approximate surface area is 96.6 Å². The van der Waals surface area contributed by atoms with Crippen LogP contribution in [-0.2, 0) is 19.1 Å². The van der Waals surface area contributed by atoms with Crippen LogP contribution in [0, 0.1) is 5.41 Å². The van der Waals surface area contributed by atoms with Gasteiger partial charge < -0.3 is 9.47 Å². The van der Waals surface area contributed by atoms with Crippen LogP contribution in [0.2, 0.25) is 0 Å². The molecule has 92 valence electrons. The van der Waals surface area contributed by atoms with Crippen LogP contribution in [0.1, 0.15) is 34.1 Å². The van der Waals surface area contributed by atoms with Crippen molar-refractivity contribution in [1.82, 2.24) is 0 Å². The van der Waals surface area contributed by atoms with E-state index in [2.05, 4.69) is 9.47 Å². The molecule has 0 bridgehead atoms. The topological polar surface area (TPSA) is 52.6 Å². The average Bonchev–Trinajstić information content (AvgIpc) is 2.21. The first-order valence-corrected chi connectivity index (χ1v) is 5.09. The molecular weight excluding hydrogens is 208 g/mol. The fraction of sp³-hybridized carbons (Fsp3) is 0.667. The summed E-state index contributed by atoms with van der Waals surface area (Å²) in [6, 6.07) is 0. The van der Waals surface area contributed by atoms with Crippen molar-refractivity contribution in [2.24, 2.45) is 5.41 Å². The molecule has 0 aromatic heterocycles. The summed E-state index contributed by atoms with van der Waals surface area (Å²) in [6.45, 7) is 7.53. The quantitative estimate of drug-likeness (QED) is 0.548. The van der Waals surface area contributed by atoms with Crippen molar-refractivity contribution in [3.63, 3.8) is 0 Å². The maximum Gasteiger partial charge on any atom is 0.334 e. The van der Waals surface area contributed by atoms with E-state index < -0.39 is 11.9 Å². The summed E-state index contributed by atoms with van der Waals surface area (Å²) in [5.74, 6) is -0.970. The number of hydrogen-bond donors (Lipinski definition) is 0. The molecule has 0 saturated carbocycles. The van der Waals surface area contributed by atoms with Crippen molar-refractivity contribution >= 4 is 11.9 Å². The second kappa shape index (κ2) is 5.68. The van der Waals surface area contributed by atoms with Crippen molar-refractivity contribution in [3.8, 4) is 0 Å². The first-order chi connectivity index (χ1) is 7.22. The Morgan fingerprint density at radius 1 is 1.00 bits per heavy atom. The molecule has 0 aromatic rings. The van der Waals surface area contributed by atoms with Crippen molar-refractivity contribution in [1.29, 1.82) is 0 Å². The zero-order valence-electron chi connectivity index (χ0n) is 10.8. The van der Waals surface area contributed by atoms with Crippen LogP contribution in [0.15, 0.2) is 11.1 Å². The minimum Gasteiger partial charge on any atom is -0.466 e. The van der Waals surface area contributed by atoms with Crippen LogP contribution in [-0.4, -0.2) is 26.2 Å². The molecule has 0 spiro atoms. The van der Waals surface area contributed by atoms with Gasteiger partial charge in [-0.05, 0) is 18.8 Å². The minimum atomic E-state index is -0.496. The Morgan fingerprint density at radius 3 is 1.75 bits per heavy atom. The Bertz CT molecular complexity index is 307. The molecule has 0 aromatic carbocycles. The van der Waals surface area contributed by atoms with Gasteiger partial charge in [-0.25, -0.2) is 9.59 Å². The SMILES string of the molecule is COC(=O)/C(C)=C(/CC(C)(C)C)C(=O)OC. The highest BCUT2D eigenvalue weighted by Gasteiger charge is 2.24. The fourth-order valence-corrected chi connectivity index (χ4v) is 1.29. The summed E-state index contributed by atoms with van der Waals surface area (Å²) in [6.07, 6.45) is 0.473. The molecule has 0 heterocycles. The highest BCUT2D eigenvalue weighted by atomic mass is 16.5. The first-order valence-electron chi connectivity index (χ1n) is 5.09. The maximum absolute atomic E-state index is 11.6. The number of carbonyl (C=O) groups is 2. The van der Waals surface area contributed by atoms with Crippen LogP contribution in [0.5, 0.6) is 0 Å². The van der Waals surface area contributed by atoms with Gasteiger partial charge in [-0.3, -0.25) is 0 Å². The Balaban J connectivity index is 5.24. The second-order valence-electron chi connectivity index (χ2n) is 4.82. The number of hydrogen-bond acceptors (Lipinski definition) is 4.